The summed E-state index contributed by atoms with van der Waals surface area (Å²) in [5.74, 6) is 1.59. The quantitative estimate of drug-likeness (QED) is 0.379. The molecule has 0 spiro atoms. The fourth-order valence-electron chi connectivity index (χ4n) is 2.21. The highest BCUT2D eigenvalue weighted by Crippen LogP contribution is 2.40. The molecule has 3 rings (SSSR count). The van der Waals surface area contributed by atoms with Crippen LogP contribution in [0.5, 0.6) is 0 Å². The molecule has 0 saturated heterocycles. The Morgan fingerprint density at radius 2 is 2.09 bits per heavy atom. The summed E-state index contributed by atoms with van der Waals surface area (Å²) in [6, 6.07) is 3.08. The van der Waals surface area contributed by atoms with Gasteiger partial charge in [0.05, 0.1) is 25.0 Å². The molecule has 0 aromatic carbocycles. The fraction of sp³-hybridized carbons (Fsp3) is 0.286. The van der Waals surface area contributed by atoms with Gasteiger partial charge in [0.15, 0.2) is 5.82 Å². The van der Waals surface area contributed by atoms with E-state index < -0.39 is 11.9 Å². The van der Waals surface area contributed by atoms with Gasteiger partial charge in [-0.05, 0) is 40.5 Å². The molecule has 9 heteroatoms. The van der Waals surface area contributed by atoms with E-state index in [9.17, 15) is 13.2 Å². The van der Waals surface area contributed by atoms with Crippen molar-refractivity contribution in [3.63, 3.8) is 0 Å². The molecule has 0 bridgehead atoms. The van der Waals surface area contributed by atoms with Crippen LogP contribution in [0, 0.1) is 2.88 Å². The van der Waals surface area contributed by atoms with Gasteiger partial charge in [-0.3, -0.25) is 0 Å². The lowest BCUT2D eigenvalue weighted by Crippen LogP contribution is -2.07. The number of hydrogen-bond donors (Lipinski definition) is 0. The minimum Gasteiger partial charge on any atom is -0.325 e. The third kappa shape index (κ3) is 3.22. The Morgan fingerprint density at radius 3 is 2.74 bits per heavy atom. The van der Waals surface area contributed by atoms with Crippen LogP contribution < -0.4 is 0 Å². The summed E-state index contributed by atoms with van der Waals surface area (Å²) in [5, 5.41) is 0. The first kappa shape index (κ1) is 17.0. The Hall–Kier alpha value is -0.810. The molecule has 0 saturated carbocycles. The van der Waals surface area contributed by atoms with Gasteiger partial charge in [-0.15, -0.1) is 23.1 Å². The maximum Gasteiger partial charge on any atom is 0.433 e. The number of thioether (sulfide) groups is 1. The number of halogens is 4. The number of pyridine rings is 1. The Kier molecular flexibility index (Phi) is 4.62. The number of imidazole rings is 1. The molecule has 3 nitrogen and oxygen atoms in total. The first-order chi connectivity index (χ1) is 10.8. The molecule has 3 aromatic rings. The van der Waals surface area contributed by atoms with Gasteiger partial charge in [-0.1, -0.05) is 6.92 Å². The highest BCUT2D eigenvalue weighted by atomic mass is 127. The Bertz CT molecular complexity index is 870. The zero-order valence-corrected chi connectivity index (χ0v) is 15.9. The highest BCUT2D eigenvalue weighted by molar-refractivity contribution is 14.1. The van der Waals surface area contributed by atoms with E-state index >= 15 is 0 Å². The van der Waals surface area contributed by atoms with Gasteiger partial charge in [0.25, 0.3) is 0 Å². The minimum absolute atomic E-state index is 0.306. The number of thiophene rings is 1. The maximum absolute atomic E-state index is 12.8. The lowest BCUT2D eigenvalue weighted by atomic mass is 10.3. The first-order valence-electron chi connectivity index (χ1n) is 6.63. The van der Waals surface area contributed by atoms with Gasteiger partial charge in [-0.25, -0.2) is 9.97 Å². The molecule has 3 heterocycles. The van der Waals surface area contributed by atoms with Crippen molar-refractivity contribution >= 4 is 56.7 Å². The van der Waals surface area contributed by atoms with Crippen molar-refractivity contribution in [3.05, 3.63) is 26.9 Å². The van der Waals surface area contributed by atoms with Crippen molar-refractivity contribution in [2.45, 2.75) is 18.0 Å². The molecule has 0 aliphatic carbocycles. The van der Waals surface area contributed by atoms with Gasteiger partial charge >= 0.3 is 6.18 Å². The van der Waals surface area contributed by atoms with Crippen molar-refractivity contribution in [1.29, 1.82) is 0 Å². The van der Waals surface area contributed by atoms with Crippen LogP contribution in [-0.4, -0.2) is 20.3 Å². The molecule has 3 aromatic heterocycles. The predicted octanol–water partition coefficient (Wildman–Crippen LogP) is 5.43. The third-order valence-electron chi connectivity index (χ3n) is 3.23. The predicted molar refractivity (Wildman–Crippen MR) is 95.9 cm³/mol. The number of alkyl halides is 3. The Labute approximate surface area is 152 Å². The highest BCUT2D eigenvalue weighted by Gasteiger charge is 2.33. The number of aryl methyl sites for hydroxylation is 1. The van der Waals surface area contributed by atoms with Crippen LogP contribution >= 0.6 is 45.7 Å². The number of nitrogens with zero attached hydrogens (tertiary/aromatic N) is 3. The smallest absolute Gasteiger partial charge is 0.325 e. The first-order valence-corrected chi connectivity index (χ1v) is 9.51. The molecule has 0 atom stereocenters. The van der Waals surface area contributed by atoms with Gasteiger partial charge in [-0.2, -0.15) is 13.2 Å². The van der Waals surface area contributed by atoms with Crippen LogP contribution in [0.25, 0.3) is 21.7 Å². The molecule has 122 valence electrons. The summed E-state index contributed by atoms with van der Waals surface area (Å²) in [6.45, 7) is 2.06. The molecule has 23 heavy (non-hydrogen) atoms. The van der Waals surface area contributed by atoms with E-state index in [1.54, 1.807) is 34.7 Å². The van der Waals surface area contributed by atoms with Crippen LogP contribution in [0.3, 0.4) is 0 Å². The van der Waals surface area contributed by atoms with Crippen molar-refractivity contribution in [2.24, 2.45) is 7.05 Å². The van der Waals surface area contributed by atoms with E-state index in [2.05, 4.69) is 45.5 Å². The molecule has 0 N–H and O–H groups in total. The largest absolute Gasteiger partial charge is 0.433 e. The standard InChI is InChI=1S/C14H11F3IN3S2/c1-3-22-9-5-11(18)23-12(9)13-20-7-4-10(14(15,16)17)19-6-8(7)21(13)2/h4-6H,3H2,1-2H3. The van der Waals surface area contributed by atoms with Crippen LogP contribution in [0.1, 0.15) is 12.6 Å². The Balaban J connectivity index is 2.17. The lowest BCUT2D eigenvalue weighted by Gasteiger charge is -2.05. The van der Waals surface area contributed by atoms with E-state index in [1.165, 1.54) is 6.20 Å². The van der Waals surface area contributed by atoms with Gasteiger partial charge in [0.1, 0.15) is 5.69 Å². The molecule has 0 aliphatic heterocycles. The summed E-state index contributed by atoms with van der Waals surface area (Å²) >= 11 is 5.53. The van der Waals surface area contributed by atoms with E-state index in [0.29, 0.717) is 16.9 Å². The lowest BCUT2D eigenvalue weighted by molar-refractivity contribution is -0.141. The van der Waals surface area contributed by atoms with Crippen molar-refractivity contribution < 1.29 is 13.2 Å². The van der Waals surface area contributed by atoms with Gasteiger partial charge in [0.2, 0.25) is 0 Å². The normalized spacial score (nSPS) is 12.3. The number of fused-ring (bicyclic) bond motifs is 1. The second-order valence-corrected chi connectivity index (χ2v) is 8.98. The zero-order chi connectivity index (χ0) is 16.8. The molecule has 0 aliphatic rings. The Morgan fingerprint density at radius 1 is 1.35 bits per heavy atom. The zero-order valence-electron chi connectivity index (χ0n) is 12.1. The molecular formula is C14H11F3IN3S2. The summed E-state index contributed by atoms with van der Waals surface area (Å²) in [4.78, 5) is 10.0. The summed E-state index contributed by atoms with van der Waals surface area (Å²) < 4.78 is 41.4. The van der Waals surface area contributed by atoms with Gasteiger partial charge in [0, 0.05) is 11.9 Å². The van der Waals surface area contributed by atoms with Crippen molar-refractivity contribution in [2.75, 3.05) is 5.75 Å². The molecule has 0 fully saturated rings. The number of aromatic nitrogens is 3. The van der Waals surface area contributed by atoms with Crippen molar-refractivity contribution in [1.82, 2.24) is 14.5 Å². The maximum atomic E-state index is 12.8. The molecular weight excluding hydrogens is 458 g/mol. The molecule has 0 unspecified atom stereocenters. The van der Waals surface area contributed by atoms with Crippen LogP contribution in [0.2, 0.25) is 0 Å². The fourth-order valence-corrected chi connectivity index (χ4v) is 5.31. The molecule has 0 radical (unpaired) electrons. The second-order valence-electron chi connectivity index (χ2n) is 4.73. The SMILES string of the molecule is CCSc1cc(I)sc1-c1nc2cc(C(F)(F)F)ncc2n1C. The number of hydrogen-bond acceptors (Lipinski definition) is 4. The van der Waals surface area contributed by atoms with Crippen LogP contribution in [0.4, 0.5) is 13.2 Å². The van der Waals surface area contributed by atoms with E-state index in [1.807, 2.05) is 0 Å². The second kappa shape index (κ2) is 6.25. The number of rotatable bonds is 3. The van der Waals surface area contributed by atoms with Crippen molar-refractivity contribution in [3.8, 4) is 10.7 Å². The minimum atomic E-state index is -4.46. The van der Waals surface area contributed by atoms with Crippen LogP contribution in [0.15, 0.2) is 23.2 Å². The molecule has 0 amide bonds. The summed E-state index contributed by atoms with van der Waals surface area (Å²) in [6.07, 6.45) is -3.23. The van der Waals surface area contributed by atoms with E-state index in [-0.39, 0.29) is 0 Å². The topological polar surface area (TPSA) is 30.7 Å². The van der Waals surface area contributed by atoms with Crippen LogP contribution in [-0.2, 0) is 13.2 Å². The average molecular weight is 469 g/mol. The average Bonchev–Trinajstić information content (AvgIpc) is 2.99. The van der Waals surface area contributed by atoms with Gasteiger partial charge < -0.3 is 4.57 Å². The summed E-state index contributed by atoms with van der Waals surface area (Å²) in [5.41, 5.74) is -0.0249. The third-order valence-corrected chi connectivity index (χ3v) is 6.17. The summed E-state index contributed by atoms with van der Waals surface area (Å²) in [7, 11) is 1.80. The monoisotopic (exact) mass is 469 g/mol. The van der Waals surface area contributed by atoms with E-state index in [4.69, 9.17) is 0 Å². The van der Waals surface area contributed by atoms with E-state index in [0.717, 1.165) is 24.5 Å².